The number of rotatable bonds is 3. The summed E-state index contributed by atoms with van der Waals surface area (Å²) >= 11 is 0. The maximum absolute atomic E-state index is 13.1. The number of aromatic nitrogens is 2. The molecule has 0 saturated carbocycles. The highest BCUT2D eigenvalue weighted by molar-refractivity contribution is 5.81. The second-order valence-corrected chi connectivity index (χ2v) is 4.75. The fourth-order valence-electron chi connectivity index (χ4n) is 2.08. The van der Waals surface area contributed by atoms with Crippen molar-refractivity contribution in [2.75, 3.05) is 12.8 Å². The van der Waals surface area contributed by atoms with E-state index in [1.807, 2.05) is 0 Å². The number of nitrogen functional groups attached to an aromatic ring is 1. The van der Waals surface area contributed by atoms with E-state index in [1.54, 1.807) is 26.1 Å². The molecule has 0 saturated heterocycles. The van der Waals surface area contributed by atoms with Crippen LogP contribution >= 0.6 is 0 Å². The van der Waals surface area contributed by atoms with Crippen LogP contribution in [0.25, 0.3) is 0 Å². The molecule has 0 unspecified atom stereocenters. The fourth-order valence-corrected chi connectivity index (χ4v) is 2.08. The fraction of sp³-hybridized carbons (Fsp3) is 0.286. The Morgan fingerprint density at radius 1 is 1.32 bits per heavy atom. The number of imidazole rings is 1. The number of anilines is 1. The number of benzene rings is 1. The number of halogens is 3. The summed E-state index contributed by atoms with van der Waals surface area (Å²) in [6.45, 7) is 3.28. The molecule has 0 atom stereocenters. The standard InChI is InChI=1S/C14H15F3N4O/c1-8-4-10(5-11(12(8)22-3)14(15,16)17)6-19-21-7-9(2)20-13(21)18/h4-7H,1-3H3,(H2,18,20). The van der Waals surface area contributed by atoms with Crippen molar-refractivity contribution in [2.45, 2.75) is 20.0 Å². The lowest BCUT2D eigenvalue weighted by molar-refractivity contribution is -0.138. The minimum Gasteiger partial charge on any atom is -0.496 e. The third-order valence-electron chi connectivity index (χ3n) is 2.97. The smallest absolute Gasteiger partial charge is 0.419 e. The van der Waals surface area contributed by atoms with E-state index in [2.05, 4.69) is 10.1 Å². The van der Waals surface area contributed by atoms with E-state index < -0.39 is 11.7 Å². The molecule has 5 nitrogen and oxygen atoms in total. The van der Waals surface area contributed by atoms with Crippen molar-refractivity contribution < 1.29 is 17.9 Å². The Labute approximate surface area is 125 Å². The minimum atomic E-state index is -4.51. The zero-order valence-electron chi connectivity index (χ0n) is 12.3. The van der Waals surface area contributed by atoms with Gasteiger partial charge in [0.25, 0.3) is 0 Å². The molecule has 0 spiro atoms. The van der Waals surface area contributed by atoms with Gasteiger partial charge in [-0.25, -0.2) is 9.66 Å². The Bertz CT molecular complexity index is 720. The molecule has 2 rings (SSSR count). The molecule has 0 amide bonds. The summed E-state index contributed by atoms with van der Waals surface area (Å²) < 4.78 is 45.3. The van der Waals surface area contributed by atoms with Gasteiger partial charge in [-0.2, -0.15) is 18.3 Å². The van der Waals surface area contributed by atoms with E-state index >= 15 is 0 Å². The zero-order chi connectivity index (χ0) is 16.5. The number of alkyl halides is 3. The van der Waals surface area contributed by atoms with Gasteiger partial charge in [0.2, 0.25) is 5.95 Å². The highest BCUT2D eigenvalue weighted by atomic mass is 19.4. The molecule has 0 aliphatic carbocycles. The van der Waals surface area contributed by atoms with Gasteiger partial charge in [-0.05, 0) is 37.1 Å². The minimum absolute atomic E-state index is 0.162. The molecule has 0 radical (unpaired) electrons. The maximum Gasteiger partial charge on any atom is 0.419 e. The van der Waals surface area contributed by atoms with E-state index in [0.29, 0.717) is 11.3 Å². The molecule has 1 aromatic heterocycles. The molecule has 118 valence electrons. The van der Waals surface area contributed by atoms with E-state index in [9.17, 15) is 13.2 Å². The molecule has 2 N–H and O–H groups in total. The van der Waals surface area contributed by atoms with Crippen LogP contribution in [0.2, 0.25) is 0 Å². The van der Waals surface area contributed by atoms with Gasteiger partial charge in [-0.3, -0.25) is 0 Å². The summed E-state index contributed by atoms with van der Waals surface area (Å²) in [7, 11) is 1.21. The maximum atomic E-state index is 13.1. The van der Waals surface area contributed by atoms with Crippen molar-refractivity contribution >= 4 is 12.2 Å². The molecule has 0 aliphatic rings. The number of ether oxygens (including phenoxy) is 1. The quantitative estimate of drug-likeness (QED) is 0.886. The molecule has 22 heavy (non-hydrogen) atoms. The van der Waals surface area contributed by atoms with Crippen molar-refractivity contribution in [3.8, 4) is 5.75 Å². The highest BCUT2D eigenvalue weighted by Gasteiger charge is 2.35. The normalized spacial score (nSPS) is 12.1. The molecule has 0 bridgehead atoms. The largest absolute Gasteiger partial charge is 0.496 e. The van der Waals surface area contributed by atoms with Crippen LogP contribution in [0.3, 0.4) is 0 Å². The lowest BCUT2D eigenvalue weighted by atomic mass is 10.0. The molecule has 1 aromatic carbocycles. The summed E-state index contributed by atoms with van der Waals surface area (Å²) in [6, 6.07) is 2.53. The first-order valence-corrected chi connectivity index (χ1v) is 6.34. The second kappa shape index (κ2) is 5.70. The monoisotopic (exact) mass is 312 g/mol. The number of aryl methyl sites for hydroxylation is 2. The summed E-state index contributed by atoms with van der Waals surface area (Å²) in [5.41, 5.74) is 6.10. The average molecular weight is 312 g/mol. The van der Waals surface area contributed by atoms with Gasteiger partial charge in [0.05, 0.1) is 30.8 Å². The van der Waals surface area contributed by atoms with Gasteiger partial charge >= 0.3 is 6.18 Å². The second-order valence-electron chi connectivity index (χ2n) is 4.75. The lowest BCUT2D eigenvalue weighted by Gasteiger charge is -2.15. The molecule has 8 heteroatoms. The SMILES string of the molecule is COc1c(C)cc(C=Nn2cc(C)nc2N)cc1C(F)(F)F. The van der Waals surface area contributed by atoms with Crippen LogP contribution in [0.5, 0.6) is 5.75 Å². The predicted molar refractivity (Wildman–Crippen MR) is 77.1 cm³/mol. The van der Waals surface area contributed by atoms with Gasteiger partial charge < -0.3 is 10.5 Å². The van der Waals surface area contributed by atoms with Crippen molar-refractivity contribution in [2.24, 2.45) is 5.10 Å². The third kappa shape index (κ3) is 3.21. The lowest BCUT2D eigenvalue weighted by Crippen LogP contribution is -2.09. The van der Waals surface area contributed by atoms with Crippen molar-refractivity contribution in [1.82, 2.24) is 9.66 Å². The van der Waals surface area contributed by atoms with Crippen molar-refractivity contribution in [3.63, 3.8) is 0 Å². The van der Waals surface area contributed by atoms with E-state index in [0.717, 1.165) is 6.07 Å². The first kappa shape index (κ1) is 15.9. The molecule has 0 fully saturated rings. The molecular formula is C14H15F3N4O. The third-order valence-corrected chi connectivity index (χ3v) is 2.97. The summed E-state index contributed by atoms with van der Waals surface area (Å²) in [6.07, 6.45) is -1.64. The number of hydrogen-bond acceptors (Lipinski definition) is 4. The van der Waals surface area contributed by atoms with Crippen LogP contribution in [0.4, 0.5) is 19.1 Å². The number of methoxy groups -OCH3 is 1. The Balaban J connectivity index is 2.44. The number of nitrogens with zero attached hydrogens (tertiary/aromatic N) is 3. The van der Waals surface area contributed by atoms with Crippen LogP contribution in [0, 0.1) is 13.8 Å². The summed E-state index contributed by atoms with van der Waals surface area (Å²) in [4.78, 5) is 3.95. The van der Waals surface area contributed by atoms with E-state index in [-0.39, 0.29) is 17.3 Å². The van der Waals surface area contributed by atoms with Crippen LogP contribution < -0.4 is 10.5 Å². The van der Waals surface area contributed by atoms with Crippen molar-refractivity contribution in [1.29, 1.82) is 0 Å². The average Bonchev–Trinajstić information content (AvgIpc) is 2.73. The molecule has 2 aromatic rings. The number of hydrogen-bond donors (Lipinski definition) is 1. The highest BCUT2D eigenvalue weighted by Crippen LogP contribution is 2.38. The Hall–Kier alpha value is -2.51. The molecular weight excluding hydrogens is 297 g/mol. The van der Waals surface area contributed by atoms with Gasteiger partial charge in [0, 0.05) is 0 Å². The Kier molecular flexibility index (Phi) is 4.11. The van der Waals surface area contributed by atoms with Crippen LogP contribution in [-0.2, 0) is 6.18 Å². The Morgan fingerprint density at radius 3 is 2.50 bits per heavy atom. The predicted octanol–water partition coefficient (Wildman–Crippen LogP) is 2.99. The van der Waals surface area contributed by atoms with Crippen LogP contribution in [-0.4, -0.2) is 23.0 Å². The van der Waals surface area contributed by atoms with Gasteiger partial charge in [0.1, 0.15) is 5.75 Å². The first-order chi connectivity index (χ1) is 10.2. The molecule has 1 heterocycles. The van der Waals surface area contributed by atoms with Gasteiger partial charge in [0.15, 0.2) is 0 Å². The zero-order valence-corrected chi connectivity index (χ0v) is 12.3. The van der Waals surface area contributed by atoms with Gasteiger partial charge in [-0.15, -0.1) is 0 Å². The van der Waals surface area contributed by atoms with Crippen LogP contribution in [0.15, 0.2) is 23.4 Å². The van der Waals surface area contributed by atoms with E-state index in [4.69, 9.17) is 10.5 Å². The van der Waals surface area contributed by atoms with E-state index in [1.165, 1.54) is 18.0 Å². The molecule has 0 aliphatic heterocycles. The van der Waals surface area contributed by atoms with Gasteiger partial charge in [-0.1, -0.05) is 0 Å². The van der Waals surface area contributed by atoms with Crippen molar-refractivity contribution in [3.05, 3.63) is 40.7 Å². The van der Waals surface area contributed by atoms with Crippen LogP contribution in [0.1, 0.15) is 22.4 Å². The summed E-state index contributed by atoms with van der Waals surface area (Å²) in [5.74, 6) is -0.0299. The topological polar surface area (TPSA) is 65.4 Å². The first-order valence-electron chi connectivity index (χ1n) is 6.34. The Morgan fingerprint density at radius 2 is 2.00 bits per heavy atom. The number of nitrogens with two attached hydrogens (primary N) is 1. The summed E-state index contributed by atoms with van der Waals surface area (Å²) in [5, 5.41) is 4.01.